The van der Waals surface area contributed by atoms with Gasteiger partial charge in [-0.15, -0.1) is 0 Å². The lowest BCUT2D eigenvalue weighted by molar-refractivity contribution is -0.119. The number of nitrogens with zero attached hydrogens (tertiary/aromatic N) is 1. The first-order valence-electron chi connectivity index (χ1n) is 9.68. The first-order valence-corrected chi connectivity index (χ1v) is 9.68. The Labute approximate surface area is 165 Å². The van der Waals surface area contributed by atoms with Gasteiger partial charge in [-0.1, -0.05) is 12.1 Å². The molecule has 1 aliphatic rings. The van der Waals surface area contributed by atoms with Gasteiger partial charge < -0.3 is 20.3 Å². The van der Waals surface area contributed by atoms with Crippen LogP contribution < -0.4 is 15.4 Å². The Morgan fingerprint density at radius 2 is 1.64 bits per heavy atom. The van der Waals surface area contributed by atoms with Crippen molar-refractivity contribution in [3.8, 4) is 5.75 Å². The van der Waals surface area contributed by atoms with Crippen molar-refractivity contribution in [2.75, 3.05) is 32.1 Å². The highest BCUT2D eigenvalue weighted by molar-refractivity contribution is 5.94. The summed E-state index contributed by atoms with van der Waals surface area (Å²) < 4.78 is 5.12. The maximum Gasteiger partial charge on any atom is 0.253 e. The smallest absolute Gasteiger partial charge is 0.253 e. The van der Waals surface area contributed by atoms with Gasteiger partial charge in [0.05, 0.1) is 13.7 Å². The van der Waals surface area contributed by atoms with Crippen LogP contribution in [0.2, 0.25) is 0 Å². The molecular formula is C22H27N3O3. The Bertz CT molecular complexity index is 782. The summed E-state index contributed by atoms with van der Waals surface area (Å²) >= 11 is 0. The average molecular weight is 381 g/mol. The Kier molecular flexibility index (Phi) is 6.89. The van der Waals surface area contributed by atoms with Crippen molar-refractivity contribution in [3.05, 3.63) is 59.7 Å². The van der Waals surface area contributed by atoms with Gasteiger partial charge >= 0.3 is 0 Å². The Morgan fingerprint density at radius 1 is 0.964 bits per heavy atom. The zero-order valence-corrected chi connectivity index (χ0v) is 16.2. The van der Waals surface area contributed by atoms with Crippen molar-refractivity contribution in [2.24, 2.45) is 0 Å². The van der Waals surface area contributed by atoms with Crippen LogP contribution in [0.4, 0.5) is 5.69 Å². The maximum atomic E-state index is 12.5. The number of rotatable bonds is 7. The molecule has 0 unspecified atom stereocenters. The highest BCUT2D eigenvalue weighted by Gasteiger charge is 2.17. The number of methoxy groups -OCH3 is 1. The standard InChI is InChI=1S/C22H27N3O3/c1-28-20-11-5-17(6-12-20)15-24-21(26)16-23-19-9-7-18(8-10-19)22(27)25-13-3-2-4-14-25/h5-12,23H,2-4,13-16H2,1H3,(H,24,26). The number of nitrogens with one attached hydrogen (secondary N) is 2. The molecule has 148 valence electrons. The van der Waals surface area contributed by atoms with Crippen LogP contribution in [0.1, 0.15) is 35.2 Å². The molecule has 2 N–H and O–H groups in total. The summed E-state index contributed by atoms with van der Waals surface area (Å²) in [7, 11) is 1.62. The van der Waals surface area contributed by atoms with Crippen LogP contribution >= 0.6 is 0 Å². The van der Waals surface area contributed by atoms with Crippen molar-refractivity contribution in [1.29, 1.82) is 0 Å². The zero-order valence-electron chi connectivity index (χ0n) is 16.2. The Balaban J connectivity index is 1.43. The van der Waals surface area contributed by atoms with E-state index in [1.54, 1.807) is 7.11 Å². The quantitative estimate of drug-likeness (QED) is 0.773. The summed E-state index contributed by atoms with van der Waals surface area (Å²) in [6.07, 6.45) is 3.36. The molecule has 1 heterocycles. The first kappa shape index (κ1) is 19.7. The molecule has 0 aliphatic carbocycles. The van der Waals surface area contributed by atoms with E-state index >= 15 is 0 Å². The molecule has 1 fully saturated rings. The van der Waals surface area contributed by atoms with Gasteiger partial charge in [-0.05, 0) is 61.2 Å². The summed E-state index contributed by atoms with van der Waals surface area (Å²) in [5.41, 5.74) is 2.51. The number of carbonyl (C=O) groups excluding carboxylic acids is 2. The molecule has 1 saturated heterocycles. The highest BCUT2D eigenvalue weighted by Crippen LogP contribution is 2.15. The van der Waals surface area contributed by atoms with Crippen LogP contribution in [-0.4, -0.2) is 43.5 Å². The highest BCUT2D eigenvalue weighted by atomic mass is 16.5. The van der Waals surface area contributed by atoms with Crippen LogP contribution in [0.3, 0.4) is 0 Å². The largest absolute Gasteiger partial charge is 0.497 e. The van der Waals surface area contributed by atoms with Gasteiger partial charge in [-0.2, -0.15) is 0 Å². The van der Waals surface area contributed by atoms with E-state index in [2.05, 4.69) is 10.6 Å². The van der Waals surface area contributed by atoms with Gasteiger partial charge in [-0.3, -0.25) is 9.59 Å². The van der Waals surface area contributed by atoms with Crippen LogP contribution in [0.15, 0.2) is 48.5 Å². The molecule has 0 spiro atoms. The summed E-state index contributed by atoms with van der Waals surface area (Å²) in [5, 5.41) is 5.96. The molecule has 0 bridgehead atoms. The summed E-state index contributed by atoms with van der Waals surface area (Å²) in [6, 6.07) is 14.9. The second-order valence-electron chi connectivity index (χ2n) is 6.91. The molecular weight excluding hydrogens is 354 g/mol. The van der Waals surface area contributed by atoms with Crippen molar-refractivity contribution in [2.45, 2.75) is 25.8 Å². The molecule has 6 nitrogen and oxygen atoms in total. The van der Waals surface area contributed by atoms with Crippen LogP contribution in [0.5, 0.6) is 5.75 Å². The number of piperidine rings is 1. The molecule has 2 aromatic carbocycles. The predicted molar refractivity (Wildman–Crippen MR) is 110 cm³/mol. The third-order valence-corrected chi connectivity index (χ3v) is 4.88. The van der Waals surface area contributed by atoms with E-state index in [9.17, 15) is 9.59 Å². The first-order chi connectivity index (χ1) is 13.7. The monoisotopic (exact) mass is 381 g/mol. The summed E-state index contributed by atoms with van der Waals surface area (Å²) in [4.78, 5) is 26.4. The fraction of sp³-hybridized carbons (Fsp3) is 0.364. The van der Waals surface area contributed by atoms with E-state index in [-0.39, 0.29) is 18.4 Å². The molecule has 0 aromatic heterocycles. The van der Waals surface area contributed by atoms with Crippen molar-refractivity contribution < 1.29 is 14.3 Å². The van der Waals surface area contributed by atoms with Crippen LogP contribution in [0, 0.1) is 0 Å². The van der Waals surface area contributed by atoms with E-state index in [0.29, 0.717) is 12.1 Å². The van der Waals surface area contributed by atoms with Crippen molar-refractivity contribution in [1.82, 2.24) is 10.2 Å². The topological polar surface area (TPSA) is 70.7 Å². The lowest BCUT2D eigenvalue weighted by Gasteiger charge is -2.26. The number of anilines is 1. The minimum absolute atomic E-state index is 0.0866. The fourth-order valence-electron chi connectivity index (χ4n) is 3.20. The predicted octanol–water partition coefficient (Wildman–Crippen LogP) is 3.05. The minimum Gasteiger partial charge on any atom is -0.497 e. The van der Waals surface area contributed by atoms with E-state index in [4.69, 9.17) is 4.74 Å². The number of amides is 2. The van der Waals surface area contributed by atoms with E-state index in [1.807, 2.05) is 53.4 Å². The van der Waals surface area contributed by atoms with Gasteiger partial charge in [-0.25, -0.2) is 0 Å². The van der Waals surface area contributed by atoms with Crippen LogP contribution in [0.25, 0.3) is 0 Å². The number of hydrogen-bond donors (Lipinski definition) is 2. The zero-order chi connectivity index (χ0) is 19.8. The number of likely N-dealkylation sites (tertiary alicyclic amines) is 1. The van der Waals surface area contributed by atoms with Crippen molar-refractivity contribution in [3.63, 3.8) is 0 Å². The lowest BCUT2D eigenvalue weighted by Crippen LogP contribution is -2.35. The third-order valence-electron chi connectivity index (χ3n) is 4.88. The van der Waals surface area contributed by atoms with Gasteiger partial charge in [0, 0.05) is 30.9 Å². The average Bonchev–Trinajstić information content (AvgIpc) is 2.77. The second kappa shape index (κ2) is 9.78. The summed E-state index contributed by atoms with van der Waals surface area (Å²) in [5.74, 6) is 0.784. The number of hydrogen-bond acceptors (Lipinski definition) is 4. The second-order valence-corrected chi connectivity index (χ2v) is 6.91. The maximum absolute atomic E-state index is 12.5. The van der Waals surface area contributed by atoms with E-state index < -0.39 is 0 Å². The molecule has 28 heavy (non-hydrogen) atoms. The normalized spacial score (nSPS) is 13.7. The number of benzene rings is 2. The Morgan fingerprint density at radius 3 is 2.29 bits per heavy atom. The molecule has 6 heteroatoms. The van der Waals surface area contributed by atoms with Gasteiger partial charge in [0.15, 0.2) is 0 Å². The van der Waals surface area contributed by atoms with E-state index in [0.717, 1.165) is 42.9 Å². The lowest BCUT2D eigenvalue weighted by atomic mass is 10.1. The van der Waals surface area contributed by atoms with Gasteiger partial charge in [0.25, 0.3) is 5.91 Å². The summed E-state index contributed by atoms with van der Waals surface area (Å²) in [6.45, 7) is 2.32. The van der Waals surface area contributed by atoms with Gasteiger partial charge in [0.2, 0.25) is 5.91 Å². The van der Waals surface area contributed by atoms with Crippen LogP contribution in [-0.2, 0) is 11.3 Å². The molecule has 0 saturated carbocycles. The Hall–Kier alpha value is -3.02. The molecule has 0 radical (unpaired) electrons. The molecule has 0 atom stereocenters. The third kappa shape index (κ3) is 5.49. The molecule has 3 rings (SSSR count). The van der Waals surface area contributed by atoms with Gasteiger partial charge in [0.1, 0.15) is 5.75 Å². The number of ether oxygens (including phenoxy) is 1. The molecule has 2 amide bonds. The minimum atomic E-state index is -0.0933. The molecule has 1 aliphatic heterocycles. The fourth-order valence-corrected chi connectivity index (χ4v) is 3.20. The van der Waals surface area contributed by atoms with Crippen molar-refractivity contribution >= 4 is 17.5 Å². The molecule has 2 aromatic rings. The SMILES string of the molecule is COc1ccc(CNC(=O)CNc2ccc(C(=O)N3CCCCC3)cc2)cc1. The van der Waals surface area contributed by atoms with E-state index in [1.165, 1.54) is 6.42 Å². The number of carbonyl (C=O) groups is 2.